The van der Waals surface area contributed by atoms with E-state index in [4.69, 9.17) is 17.3 Å². The van der Waals surface area contributed by atoms with E-state index in [0.29, 0.717) is 0 Å². The Balaban J connectivity index is 2.33. The third-order valence-electron chi connectivity index (χ3n) is 2.76. The number of anilines is 1. The normalized spacial score (nSPS) is 12.0. The standard InChI is InChI=1S/C11H12ClFN4O2S/c1-17(6-7-8(12)3-2-4-9(7)13)20(18,19)10-5-15-16-11(10)14/h2-5H,6H2,1H3,(H3,14,15,16). The number of benzene rings is 1. The first-order valence-electron chi connectivity index (χ1n) is 5.52. The maximum atomic E-state index is 13.7. The largest absolute Gasteiger partial charge is 0.383 e. The Kier molecular flexibility index (Phi) is 3.98. The number of aromatic amines is 1. The van der Waals surface area contributed by atoms with Gasteiger partial charge in [0.05, 0.1) is 6.20 Å². The Bertz CT molecular complexity index is 712. The minimum absolute atomic E-state index is 0.0727. The van der Waals surface area contributed by atoms with Gasteiger partial charge in [-0.25, -0.2) is 12.8 Å². The van der Waals surface area contributed by atoms with Crippen LogP contribution in [-0.2, 0) is 16.6 Å². The Labute approximate surface area is 120 Å². The minimum atomic E-state index is -3.87. The van der Waals surface area contributed by atoms with Crippen LogP contribution in [0, 0.1) is 5.82 Å². The van der Waals surface area contributed by atoms with Gasteiger partial charge >= 0.3 is 0 Å². The Hall–Kier alpha value is -1.64. The summed E-state index contributed by atoms with van der Waals surface area (Å²) in [5, 5.41) is 6.05. The molecule has 0 radical (unpaired) electrons. The molecule has 108 valence electrons. The van der Waals surface area contributed by atoms with Crippen LogP contribution in [-0.4, -0.2) is 30.0 Å². The van der Waals surface area contributed by atoms with Crippen LogP contribution in [0.2, 0.25) is 5.02 Å². The van der Waals surface area contributed by atoms with Gasteiger partial charge in [-0.1, -0.05) is 17.7 Å². The third-order valence-corrected chi connectivity index (χ3v) is 4.95. The molecule has 1 aromatic heterocycles. The second-order valence-electron chi connectivity index (χ2n) is 4.11. The number of nitrogens with two attached hydrogens (primary N) is 1. The summed E-state index contributed by atoms with van der Waals surface area (Å²) in [7, 11) is -2.56. The van der Waals surface area contributed by atoms with Gasteiger partial charge in [0, 0.05) is 24.2 Å². The lowest BCUT2D eigenvalue weighted by atomic mass is 10.2. The summed E-state index contributed by atoms with van der Waals surface area (Å²) in [5.41, 5.74) is 5.59. The number of nitrogens with one attached hydrogen (secondary N) is 1. The van der Waals surface area contributed by atoms with Crippen LogP contribution >= 0.6 is 11.6 Å². The molecule has 2 aromatic rings. The number of nitrogen functional groups attached to an aromatic ring is 1. The van der Waals surface area contributed by atoms with Crippen molar-refractivity contribution in [2.24, 2.45) is 0 Å². The third kappa shape index (κ3) is 2.62. The highest BCUT2D eigenvalue weighted by Gasteiger charge is 2.26. The molecular weight excluding hydrogens is 307 g/mol. The molecule has 0 amide bonds. The zero-order valence-electron chi connectivity index (χ0n) is 10.5. The molecule has 6 nitrogen and oxygen atoms in total. The number of halogens is 2. The van der Waals surface area contributed by atoms with E-state index in [1.54, 1.807) is 0 Å². The zero-order chi connectivity index (χ0) is 14.9. The van der Waals surface area contributed by atoms with Crippen LogP contribution in [0.25, 0.3) is 0 Å². The molecule has 9 heteroatoms. The molecule has 20 heavy (non-hydrogen) atoms. The van der Waals surface area contributed by atoms with Crippen LogP contribution in [0.4, 0.5) is 10.2 Å². The maximum absolute atomic E-state index is 13.7. The van der Waals surface area contributed by atoms with Gasteiger partial charge in [0.1, 0.15) is 16.5 Å². The SMILES string of the molecule is CN(Cc1c(F)cccc1Cl)S(=O)(=O)c1cn[nH]c1N. The summed E-state index contributed by atoms with van der Waals surface area (Å²) in [6.45, 7) is -0.210. The molecule has 0 bridgehead atoms. The van der Waals surface area contributed by atoms with E-state index in [-0.39, 0.29) is 27.8 Å². The van der Waals surface area contributed by atoms with Gasteiger partial charge in [0.25, 0.3) is 0 Å². The Morgan fingerprint density at radius 2 is 2.20 bits per heavy atom. The molecule has 2 rings (SSSR count). The van der Waals surface area contributed by atoms with Crippen molar-refractivity contribution in [3.8, 4) is 0 Å². The van der Waals surface area contributed by atoms with Crippen molar-refractivity contribution < 1.29 is 12.8 Å². The molecule has 1 heterocycles. The topological polar surface area (TPSA) is 92.1 Å². The highest BCUT2D eigenvalue weighted by atomic mass is 35.5. The predicted molar refractivity (Wildman–Crippen MR) is 73.1 cm³/mol. The van der Waals surface area contributed by atoms with Crippen molar-refractivity contribution in [3.63, 3.8) is 0 Å². The molecule has 0 aliphatic carbocycles. The lowest BCUT2D eigenvalue weighted by Gasteiger charge is -2.17. The summed E-state index contributed by atoms with van der Waals surface area (Å²) in [6.07, 6.45) is 1.10. The van der Waals surface area contributed by atoms with E-state index >= 15 is 0 Å². The van der Waals surface area contributed by atoms with Crippen molar-refractivity contribution in [1.82, 2.24) is 14.5 Å². The van der Waals surface area contributed by atoms with Crippen molar-refractivity contribution in [3.05, 3.63) is 40.8 Å². The lowest BCUT2D eigenvalue weighted by molar-refractivity contribution is 0.457. The van der Waals surface area contributed by atoms with E-state index < -0.39 is 15.8 Å². The zero-order valence-corrected chi connectivity index (χ0v) is 12.0. The average Bonchev–Trinajstić information content (AvgIpc) is 2.80. The highest BCUT2D eigenvalue weighted by molar-refractivity contribution is 7.89. The van der Waals surface area contributed by atoms with Gasteiger partial charge in [-0.3, -0.25) is 5.10 Å². The fourth-order valence-electron chi connectivity index (χ4n) is 1.65. The number of aromatic nitrogens is 2. The number of rotatable bonds is 4. The summed E-state index contributed by atoms with van der Waals surface area (Å²) < 4.78 is 39.2. The first kappa shape index (κ1) is 14.8. The van der Waals surface area contributed by atoms with Crippen molar-refractivity contribution in [2.75, 3.05) is 12.8 Å². The monoisotopic (exact) mass is 318 g/mol. The van der Waals surface area contributed by atoms with E-state index in [2.05, 4.69) is 10.2 Å². The van der Waals surface area contributed by atoms with Crippen LogP contribution in [0.1, 0.15) is 5.56 Å². The fraction of sp³-hybridized carbons (Fsp3) is 0.182. The summed E-state index contributed by atoms with van der Waals surface area (Å²) in [4.78, 5) is -0.160. The fourth-order valence-corrected chi connectivity index (χ4v) is 3.02. The van der Waals surface area contributed by atoms with Crippen LogP contribution in [0.3, 0.4) is 0 Å². The lowest BCUT2D eigenvalue weighted by Crippen LogP contribution is -2.27. The molecule has 0 atom stereocenters. The van der Waals surface area contributed by atoms with E-state index in [9.17, 15) is 12.8 Å². The van der Waals surface area contributed by atoms with Gasteiger partial charge in [-0.2, -0.15) is 9.40 Å². The van der Waals surface area contributed by atoms with Crippen molar-refractivity contribution in [1.29, 1.82) is 0 Å². The summed E-state index contributed by atoms with van der Waals surface area (Å²) >= 11 is 5.88. The van der Waals surface area contributed by atoms with Crippen LogP contribution < -0.4 is 5.73 Å². The minimum Gasteiger partial charge on any atom is -0.383 e. The molecule has 0 unspecified atom stereocenters. The number of hydrogen-bond acceptors (Lipinski definition) is 4. The average molecular weight is 319 g/mol. The number of hydrogen-bond donors (Lipinski definition) is 2. The Morgan fingerprint density at radius 1 is 1.50 bits per heavy atom. The second kappa shape index (κ2) is 5.39. The molecule has 3 N–H and O–H groups in total. The highest BCUT2D eigenvalue weighted by Crippen LogP contribution is 2.24. The second-order valence-corrected chi connectivity index (χ2v) is 6.53. The van der Waals surface area contributed by atoms with Crippen molar-refractivity contribution >= 4 is 27.4 Å². The smallest absolute Gasteiger partial charge is 0.248 e. The predicted octanol–water partition coefficient (Wildman–Crippen LogP) is 1.61. The van der Waals surface area contributed by atoms with Crippen molar-refractivity contribution in [2.45, 2.75) is 11.4 Å². The molecule has 0 aliphatic rings. The molecule has 0 fully saturated rings. The molecule has 0 saturated carbocycles. The van der Waals surface area contributed by atoms with E-state index in [0.717, 1.165) is 10.5 Å². The van der Waals surface area contributed by atoms with Crippen LogP contribution in [0.5, 0.6) is 0 Å². The molecule has 0 spiro atoms. The molecule has 0 aliphatic heterocycles. The van der Waals surface area contributed by atoms with Gasteiger partial charge < -0.3 is 5.73 Å². The maximum Gasteiger partial charge on any atom is 0.248 e. The van der Waals surface area contributed by atoms with E-state index in [1.165, 1.54) is 25.2 Å². The van der Waals surface area contributed by atoms with Gasteiger partial charge in [0.15, 0.2) is 0 Å². The molecule has 1 aromatic carbocycles. The molecule has 0 saturated heterocycles. The molecular formula is C11H12ClFN4O2S. The van der Waals surface area contributed by atoms with E-state index in [1.807, 2.05) is 0 Å². The summed E-state index contributed by atoms with van der Waals surface area (Å²) in [6, 6.07) is 4.16. The summed E-state index contributed by atoms with van der Waals surface area (Å²) in [5.74, 6) is -0.642. The number of nitrogens with zero attached hydrogens (tertiary/aromatic N) is 2. The van der Waals surface area contributed by atoms with Gasteiger partial charge in [-0.05, 0) is 12.1 Å². The number of H-pyrrole nitrogens is 1. The number of sulfonamides is 1. The van der Waals surface area contributed by atoms with Crippen LogP contribution in [0.15, 0.2) is 29.3 Å². The first-order valence-corrected chi connectivity index (χ1v) is 7.34. The van der Waals surface area contributed by atoms with Gasteiger partial charge in [-0.15, -0.1) is 0 Å². The quantitative estimate of drug-likeness (QED) is 0.895. The first-order chi connectivity index (χ1) is 9.34. The van der Waals surface area contributed by atoms with Gasteiger partial charge in [0.2, 0.25) is 10.0 Å². The Morgan fingerprint density at radius 3 is 2.75 bits per heavy atom.